The molecule has 20 heavy (non-hydrogen) atoms. The van der Waals surface area contributed by atoms with Crippen molar-refractivity contribution in [2.75, 3.05) is 13.1 Å². The zero-order valence-electron chi connectivity index (χ0n) is 12.4. The van der Waals surface area contributed by atoms with Gasteiger partial charge in [0.25, 0.3) is 0 Å². The van der Waals surface area contributed by atoms with E-state index >= 15 is 0 Å². The smallest absolute Gasteiger partial charge is 0.228 e. The van der Waals surface area contributed by atoms with Crippen LogP contribution < -0.4 is 10.6 Å². The second kappa shape index (κ2) is 6.27. The number of benzene rings is 1. The Morgan fingerprint density at radius 3 is 2.60 bits per heavy atom. The molecule has 110 valence electrons. The molecule has 1 aliphatic rings. The Bertz CT molecular complexity index is 481. The predicted octanol–water partition coefficient (Wildman–Crippen LogP) is 3.26. The molecule has 4 heteroatoms. The summed E-state index contributed by atoms with van der Waals surface area (Å²) in [6, 6.07) is 8.04. The first-order valence-corrected chi connectivity index (χ1v) is 8.03. The lowest BCUT2D eigenvalue weighted by Crippen LogP contribution is -2.46. The van der Waals surface area contributed by atoms with Crippen molar-refractivity contribution in [1.82, 2.24) is 10.6 Å². The fourth-order valence-electron chi connectivity index (χ4n) is 2.90. The van der Waals surface area contributed by atoms with E-state index < -0.39 is 0 Å². The lowest BCUT2D eigenvalue weighted by Gasteiger charge is -2.32. The molecular weight excluding hydrogens is 316 g/mol. The molecule has 0 aromatic heterocycles. The molecule has 1 aromatic rings. The molecule has 1 heterocycles. The second-order valence-electron chi connectivity index (χ2n) is 5.95. The first-order chi connectivity index (χ1) is 9.47. The van der Waals surface area contributed by atoms with Gasteiger partial charge in [-0.05, 0) is 37.4 Å². The summed E-state index contributed by atoms with van der Waals surface area (Å²) >= 11 is 3.55. The molecule has 3 nitrogen and oxygen atoms in total. The van der Waals surface area contributed by atoms with E-state index in [9.17, 15) is 4.79 Å². The highest BCUT2D eigenvalue weighted by Gasteiger charge is 2.44. The van der Waals surface area contributed by atoms with Gasteiger partial charge in [-0.15, -0.1) is 0 Å². The quantitative estimate of drug-likeness (QED) is 0.884. The molecule has 0 bridgehead atoms. The van der Waals surface area contributed by atoms with Gasteiger partial charge in [0.2, 0.25) is 5.91 Å². The van der Waals surface area contributed by atoms with Crippen molar-refractivity contribution in [2.45, 2.75) is 33.2 Å². The largest absolute Gasteiger partial charge is 0.349 e. The molecule has 1 saturated heterocycles. The Kier molecular flexibility index (Phi) is 4.86. The first-order valence-electron chi connectivity index (χ1n) is 7.23. The lowest BCUT2D eigenvalue weighted by atomic mass is 9.75. The van der Waals surface area contributed by atoms with E-state index in [1.54, 1.807) is 0 Å². The van der Waals surface area contributed by atoms with Crippen LogP contribution in [0.1, 0.15) is 38.8 Å². The van der Waals surface area contributed by atoms with Gasteiger partial charge in [0, 0.05) is 11.0 Å². The van der Waals surface area contributed by atoms with E-state index in [2.05, 4.69) is 40.4 Å². The van der Waals surface area contributed by atoms with E-state index in [0.29, 0.717) is 5.92 Å². The Morgan fingerprint density at radius 2 is 2.05 bits per heavy atom. The maximum atomic E-state index is 12.7. The Balaban J connectivity index is 2.13. The normalized spacial score (nSPS) is 23.9. The van der Waals surface area contributed by atoms with Gasteiger partial charge in [-0.2, -0.15) is 0 Å². The fourth-order valence-corrected chi connectivity index (χ4v) is 3.53. The van der Waals surface area contributed by atoms with Crippen molar-refractivity contribution in [3.63, 3.8) is 0 Å². The molecule has 0 aliphatic carbocycles. The number of rotatable bonds is 4. The van der Waals surface area contributed by atoms with Crippen molar-refractivity contribution >= 4 is 21.8 Å². The summed E-state index contributed by atoms with van der Waals surface area (Å²) in [5, 5.41) is 6.52. The summed E-state index contributed by atoms with van der Waals surface area (Å²) in [5.41, 5.74) is 0.848. The van der Waals surface area contributed by atoms with Gasteiger partial charge in [0.15, 0.2) is 0 Å². The van der Waals surface area contributed by atoms with Crippen LogP contribution in [0, 0.1) is 11.3 Å². The van der Waals surface area contributed by atoms with Crippen LogP contribution in [-0.4, -0.2) is 19.0 Å². The van der Waals surface area contributed by atoms with Gasteiger partial charge in [0.05, 0.1) is 11.5 Å². The molecular formula is C16H23BrN2O. The molecule has 1 aliphatic heterocycles. The Labute approximate surface area is 129 Å². The van der Waals surface area contributed by atoms with Crippen LogP contribution >= 0.6 is 15.9 Å². The average molecular weight is 339 g/mol. The van der Waals surface area contributed by atoms with Crippen LogP contribution in [0.15, 0.2) is 28.7 Å². The zero-order valence-corrected chi connectivity index (χ0v) is 14.0. The third-order valence-corrected chi connectivity index (χ3v) is 5.19. The summed E-state index contributed by atoms with van der Waals surface area (Å²) in [5.74, 6) is 0.504. The standard InChI is InChI=1S/C16H23BrN2O/c1-11(2)16(8-9-18-10-16)15(20)19-12(3)13-6-4-5-7-14(13)17/h4-7,11-12,18H,8-10H2,1-3H3,(H,19,20). The van der Waals surface area contributed by atoms with E-state index in [1.165, 1.54) is 0 Å². The minimum atomic E-state index is -0.268. The Morgan fingerprint density at radius 1 is 1.35 bits per heavy atom. The van der Waals surface area contributed by atoms with E-state index in [0.717, 1.165) is 29.5 Å². The number of carbonyl (C=O) groups excluding carboxylic acids is 1. The van der Waals surface area contributed by atoms with Crippen molar-refractivity contribution in [2.24, 2.45) is 11.3 Å². The van der Waals surface area contributed by atoms with Gasteiger partial charge >= 0.3 is 0 Å². The molecule has 0 radical (unpaired) electrons. The van der Waals surface area contributed by atoms with Gasteiger partial charge in [-0.25, -0.2) is 0 Å². The van der Waals surface area contributed by atoms with Crippen molar-refractivity contribution < 1.29 is 4.79 Å². The highest BCUT2D eigenvalue weighted by atomic mass is 79.9. The minimum Gasteiger partial charge on any atom is -0.349 e. The summed E-state index contributed by atoms with van der Waals surface area (Å²) < 4.78 is 1.04. The molecule has 2 unspecified atom stereocenters. The van der Waals surface area contributed by atoms with Crippen molar-refractivity contribution in [3.05, 3.63) is 34.3 Å². The minimum absolute atomic E-state index is 0.00861. The molecule has 1 aromatic carbocycles. The maximum absolute atomic E-state index is 12.7. The van der Waals surface area contributed by atoms with E-state index in [1.807, 2.05) is 31.2 Å². The third-order valence-electron chi connectivity index (χ3n) is 4.47. The summed E-state index contributed by atoms with van der Waals surface area (Å²) in [6.07, 6.45) is 0.916. The molecule has 0 spiro atoms. The van der Waals surface area contributed by atoms with Gasteiger partial charge in [0.1, 0.15) is 0 Å². The number of nitrogens with one attached hydrogen (secondary N) is 2. The van der Waals surface area contributed by atoms with E-state index in [-0.39, 0.29) is 17.4 Å². The highest BCUT2D eigenvalue weighted by Crippen LogP contribution is 2.35. The highest BCUT2D eigenvalue weighted by molar-refractivity contribution is 9.10. The van der Waals surface area contributed by atoms with Crippen molar-refractivity contribution in [3.8, 4) is 0 Å². The monoisotopic (exact) mass is 338 g/mol. The lowest BCUT2D eigenvalue weighted by molar-refractivity contribution is -0.133. The van der Waals surface area contributed by atoms with E-state index in [4.69, 9.17) is 0 Å². The molecule has 1 amide bonds. The maximum Gasteiger partial charge on any atom is 0.228 e. The van der Waals surface area contributed by atoms with Gasteiger partial charge in [-0.1, -0.05) is 48.0 Å². The van der Waals surface area contributed by atoms with Gasteiger partial charge in [-0.3, -0.25) is 4.79 Å². The zero-order chi connectivity index (χ0) is 14.8. The second-order valence-corrected chi connectivity index (χ2v) is 6.81. The number of halogens is 1. The first kappa shape index (κ1) is 15.5. The number of amides is 1. The van der Waals surface area contributed by atoms with Crippen LogP contribution in [0.5, 0.6) is 0 Å². The van der Waals surface area contributed by atoms with Crippen molar-refractivity contribution in [1.29, 1.82) is 0 Å². The van der Waals surface area contributed by atoms with Crippen LogP contribution in [-0.2, 0) is 4.79 Å². The summed E-state index contributed by atoms with van der Waals surface area (Å²) in [4.78, 5) is 12.7. The van der Waals surface area contributed by atoms with Crippen LogP contribution in [0.3, 0.4) is 0 Å². The molecule has 2 rings (SSSR count). The van der Waals surface area contributed by atoms with Crippen LogP contribution in [0.25, 0.3) is 0 Å². The third kappa shape index (κ3) is 2.91. The van der Waals surface area contributed by atoms with Crippen LogP contribution in [0.4, 0.5) is 0 Å². The Hall–Kier alpha value is -0.870. The number of hydrogen-bond acceptors (Lipinski definition) is 2. The predicted molar refractivity (Wildman–Crippen MR) is 85.5 cm³/mol. The molecule has 0 saturated carbocycles. The SMILES string of the molecule is CC(NC(=O)C1(C(C)C)CCNC1)c1ccccc1Br. The number of carbonyl (C=O) groups is 1. The van der Waals surface area contributed by atoms with Gasteiger partial charge < -0.3 is 10.6 Å². The summed E-state index contributed by atoms with van der Waals surface area (Å²) in [7, 11) is 0. The fraction of sp³-hybridized carbons (Fsp3) is 0.562. The molecule has 2 atom stereocenters. The molecule has 1 fully saturated rings. The number of hydrogen-bond donors (Lipinski definition) is 2. The molecule has 2 N–H and O–H groups in total. The average Bonchev–Trinajstić information content (AvgIpc) is 2.89. The van der Waals surface area contributed by atoms with Crippen LogP contribution in [0.2, 0.25) is 0 Å². The topological polar surface area (TPSA) is 41.1 Å². The summed E-state index contributed by atoms with van der Waals surface area (Å²) in [6.45, 7) is 8.01.